The SMILES string of the molecule is COCC1Cn2cc(-c3cc(Nc4cc(C)nn4C)ncc3Cl)cc2C(=O)N1Cc1cc(F)ccc1CO. The summed E-state index contributed by atoms with van der Waals surface area (Å²) in [7, 11) is 3.42. The molecule has 11 heteroatoms. The minimum atomic E-state index is -0.423. The summed E-state index contributed by atoms with van der Waals surface area (Å²) in [6, 6.07) is 9.46. The van der Waals surface area contributed by atoms with Crippen LogP contribution in [0, 0.1) is 12.7 Å². The van der Waals surface area contributed by atoms with Crippen molar-refractivity contribution >= 4 is 29.1 Å². The van der Waals surface area contributed by atoms with Gasteiger partial charge in [0.1, 0.15) is 23.1 Å². The summed E-state index contributed by atoms with van der Waals surface area (Å²) in [6.45, 7) is 2.60. The molecule has 0 radical (unpaired) electrons. The van der Waals surface area contributed by atoms with E-state index in [4.69, 9.17) is 16.3 Å². The van der Waals surface area contributed by atoms with E-state index in [1.165, 1.54) is 18.2 Å². The highest BCUT2D eigenvalue weighted by atomic mass is 35.5. The molecular formula is C27H28ClFN6O3. The van der Waals surface area contributed by atoms with E-state index in [2.05, 4.69) is 15.4 Å². The van der Waals surface area contributed by atoms with Gasteiger partial charge in [0.15, 0.2) is 0 Å². The Kier molecular flexibility index (Phi) is 7.20. The number of nitrogens with one attached hydrogen (secondary N) is 1. The van der Waals surface area contributed by atoms with Crippen molar-refractivity contribution in [2.75, 3.05) is 19.0 Å². The zero-order valence-corrected chi connectivity index (χ0v) is 22.0. The number of carbonyl (C=O) groups is 1. The number of halogens is 2. The summed E-state index contributed by atoms with van der Waals surface area (Å²) >= 11 is 6.54. The number of aliphatic hydroxyl groups excluding tert-OH is 1. The molecule has 0 fully saturated rings. The van der Waals surface area contributed by atoms with E-state index in [9.17, 15) is 14.3 Å². The third-order valence-electron chi connectivity index (χ3n) is 6.69. The molecule has 38 heavy (non-hydrogen) atoms. The molecular weight excluding hydrogens is 511 g/mol. The van der Waals surface area contributed by atoms with Gasteiger partial charge in [0.25, 0.3) is 5.91 Å². The van der Waals surface area contributed by atoms with Gasteiger partial charge >= 0.3 is 0 Å². The van der Waals surface area contributed by atoms with E-state index in [-0.39, 0.29) is 25.1 Å². The number of amides is 1. The number of benzene rings is 1. The highest BCUT2D eigenvalue weighted by molar-refractivity contribution is 6.33. The topological polar surface area (TPSA) is 97.4 Å². The van der Waals surface area contributed by atoms with Crippen molar-refractivity contribution in [3.05, 3.63) is 82.1 Å². The number of pyridine rings is 1. The third kappa shape index (κ3) is 5.02. The van der Waals surface area contributed by atoms with Gasteiger partial charge in [0.05, 0.1) is 30.0 Å². The highest BCUT2D eigenvalue weighted by Gasteiger charge is 2.34. The number of hydrogen-bond donors (Lipinski definition) is 2. The van der Waals surface area contributed by atoms with Crippen LogP contribution in [0.2, 0.25) is 5.02 Å². The predicted octanol–water partition coefficient (Wildman–Crippen LogP) is 4.29. The van der Waals surface area contributed by atoms with Crippen LogP contribution in [0.5, 0.6) is 0 Å². The monoisotopic (exact) mass is 538 g/mol. The second-order valence-corrected chi connectivity index (χ2v) is 9.76. The van der Waals surface area contributed by atoms with Gasteiger partial charge in [-0.3, -0.25) is 9.48 Å². The fourth-order valence-electron chi connectivity index (χ4n) is 4.83. The molecule has 4 aromatic rings. The molecule has 198 valence electrons. The molecule has 1 unspecified atom stereocenters. The van der Waals surface area contributed by atoms with Crippen LogP contribution in [-0.4, -0.2) is 55.0 Å². The van der Waals surface area contributed by atoms with E-state index in [0.29, 0.717) is 40.8 Å². The average molecular weight is 539 g/mol. The van der Waals surface area contributed by atoms with Crippen LogP contribution in [0.3, 0.4) is 0 Å². The van der Waals surface area contributed by atoms with Crippen molar-refractivity contribution < 1.29 is 19.0 Å². The molecule has 0 saturated heterocycles. The van der Waals surface area contributed by atoms with Crippen molar-refractivity contribution in [1.29, 1.82) is 0 Å². The van der Waals surface area contributed by atoms with Crippen molar-refractivity contribution in [3.8, 4) is 11.1 Å². The lowest BCUT2D eigenvalue weighted by atomic mass is 10.0. The lowest BCUT2D eigenvalue weighted by Gasteiger charge is -2.36. The third-order valence-corrected chi connectivity index (χ3v) is 6.99. The van der Waals surface area contributed by atoms with Crippen molar-refractivity contribution in [3.63, 3.8) is 0 Å². The Hall–Kier alpha value is -3.73. The van der Waals surface area contributed by atoms with Gasteiger partial charge in [-0.1, -0.05) is 17.7 Å². The summed E-state index contributed by atoms with van der Waals surface area (Å²) in [5, 5.41) is 17.8. The van der Waals surface area contributed by atoms with Gasteiger partial charge in [0.2, 0.25) is 0 Å². The van der Waals surface area contributed by atoms with Gasteiger partial charge in [-0.15, -0.1) is 0 Å². The Labute approximate surface area is 224 Å². The number of methoxy groups -OCH3 is 1. The first-order chi connectivity index (χ1) is 18.3. The molecule has 0 saturated carbocycles. The van der Waals surface area contributed by atoms with Gasteiger partial charge in [-0.25, -0.2) is 9.37 Å². The van der Waals surface area contributed by atoms with Crippen LogP contribution in [0.4, 0.5) is 16.0 Å². The Morgan fingerprint density at radius 2 is 2.05 bits per heavy atom. The molecule has 4 heterocycles. The second-order valence-electron chi connectivity index (χ2n) is 9.35. The molecule has 1 atom stereocenters. The summed E-state index contributed by atoms with van der Waals surface area (Å²) < 4.78 is 23.0. The molecule has 1 aliphatic rings. The maximum Gasteiger partial charge on any atom is 0.271 e. The first-order valence-corrected chi connectivity index (χ1v) is 12.5. The molecule has 5 rings (SSSR count). The van der Waals surface area contributed by atoms with Crippen LogP contribution in [-0.2, 0) is 31.5 Å². The molecule has 9 nitrogen and oxygen atoms in total. The van der Waals surface area contributed by atoms with Crippen LogP contribution < -0.4 is 5.32 Å². The summed E-state index contributed by atoms with van der Waals surface area (Å²) in [5.74, 6) is 0.733. The number of fused-ring (bicyclic) bond motifs is 1. The number of hydrogen-bond acceptors (Lipinski definition) is 6. The fourth-order valence-corrected chi connectivity index (χ4v) is 5.04. The van der Waals surface area contributed by atoms with E-state index in [0.717, 1.165) is 22.6 Å². The first kappa shape index (κ1) is 25.9. The number of anilines is 2. The van der Waals surface area contributed by atoms with Crippen LogP contribution in [0.1, 0.15) is 27.3 Å². The number of rotatable bonds is 8. The zero-order valence-electron chi connectivity index (χ0n) is 21.3. The normalized spacial score (nSPS) is 15.2. The maximum absolute atomic E-state index is 14.0. The minimum absolute atomic E-state index is 0.148. The largest absolute Gasteiger partial charge is 0.392 e. The van der Waals surface area contributed by atoms with E-state index < -0.39 is 5.82 Å². The first-order valence-electron chi connectivity index (χ1n) is 12.1. The molecule has 0 spiro atoms. The number of aromatic nitrogens is 4. The summed E-state index contributed by atoms with van der Waals surface area (Å²) in [5.41, 5.74) is 3.98. The number of aliphatic hydroxyl groups is 1. The Balaban J connectivity index is 1.47. The molecule has 3 aromatic heterocycles. The molecule has 2 N–H and O–H groups in total. The number of ether oxygens (including phenoxy) is 1. The Morgan fingerprint density at radius 1 is 1.24 bits per heavy atom. The van der Waals surface area contributed by atoms with Crippen molar-refractivity contribution in [1.82, 2.24) is 24.2 Å². The molecule has 0 aliphatic carbocycles. The smallest absolute Gasteiger partial charge is 0.271 e. The van der Waals surface area contributed by atoms with E-state index in [1.807, 2.05) is 36.9 Å². The molecule has 1 aliphatic heterocycles. The van der Waals surface area contributed by atoms with Gasteiger partial charge in [-0.2, -0.15) is 5.10 Å². The van der Waals surface area contributed by atoms with Crippen LogP contribution in [0.15, 0.2) is 48.8 Å². The molecule has 0 bridgehead atoms. The van der Waals surface area contributed by atoms with Gasteiger partial charge in [-0.05, 0) is 42.3 Å². The maximum atomic E-state index is 14.0. The lowest BCUT2D eigenvalue weighted by molar-refractivity contribution is 0.0386. The highest BCUT2D eigenvalue weighted by Crippen LogP contribution is 2.34. The van der Waals surface area contributed by atoms with E-state index in [1.54, 1.807) is 29.0 Å². The number of aryl methyl sites for hydroxylation is 2. The van der Waals surface area contributed by atoms with Crippen LogP contribution >= 0.6 is 11.6 Å². The number of carbonyl (C=O) groups excluding carboxylic acids is 1. The molecule has 1 amide bonds. The summed E-state index contributed by atoms with van der Waals surface area (Å²) in [6.07, 6.45) is 3.47. The van der Waals surface area contributed by atoms with E-state index >= 15 is 0 Å². The number of nitrogens with zero attached hydrogens (tertiary/aromatic N) is 5. The van der Waals surface area contributed by atoms with Crippen LogP contribution in [0.25, 0.3) is 11.1 Å². The average Bonchev–Trinajstić information content (AvgIpc) is 3.45. The minimum Gasteiger partial charge on any atom is -0.392 e. The quantitative estimate of drug-likeness (QED) is 0.347. The zero-order chi connectivity index (χ0) is 27.0. The Morgan fingerprint density at radius 3 is 2.76 bits per heavy atom. The lowest BCUT2D eigenvalue weighted by Crippen LogP contribution is -2.49. The standard InChI is InChI=1S/C27H28ClFN6O3/c1-16-6-26(33(2)32-16)31-25-9-22(23(28)10-30-25)19-8-24-27(37)35(21(15-38-3)13-34(24)11-19)12-18-7-20(29)5-4-17(18)14-36/h4-11,21,36H,12-15H2,1-3H3,(H,30,31). The molecule has 1 aromatic carbocycles. The predicted molar refractivity (Wildman–Crippen MR) is 142 cm³/mol. The Bertz CT molecular complexity index is 1500. The van der Waals surface area contributed by atoms with Gasteiger partial charge in [0, 0.05) is 56.8 Å². The van der Waals surface area contributed by atoms with Gasteiger partial charge < -0.3 is 24.6 Å². The van der Waals surface area contributed by atoms with Crippen molar-refractivity contribution in [2.24, 2.45) is 7.05 Å². The second kappa shape index (κ2) is 10.6. The summed E-state index contributed by atoms with van der Waals surface area (Å²) in [4.78, 5) is 19.8. The van der Waals surface area contributed by atoms with Crippen molar-refractivity contribution in [2.45, 2.75) is 32.7 Å². The fraction of sp³-hybridized carbons (Fsp3) is 0.296.